The van der Waals surface area contributed by atoms with Gasteiger partial charge in [0.1, 0.15) is 17.3 Å². The molecule has 1 aliphatic heterocycles. The van der Waals surface area contributed by atoms with Gasteiger partial charge in [-0.1, -0.05) is 46.9 Å². The SMILES string of the molecule is COc1c(Cl)cc(C)cc1/C(O)=C1\C(=O)C(=O)N(c2ccc(Cl)c(Cl)c2)C1c1ccc(F)cc1. The third-order valence-corrected chi connectivity index (χ3v) is 6.48. The first-order chi connectivity index (χ1) is 16.1. The molecule has 0 aromatic heterocycles. The Kier molecular flexibility index (Phi) is 6.58. The van der Waals surface area contributed by atoms with Gasteiger partial charge in [0.05, 0.1) is 39.4 Å². The van der Waals surface area contributed by atoms with Crippen molar-refractivity contribution in [2.24, 2.45) is 0 Å². The Morgan fingerprint density at radius 1 is 0.971 bits per heavy atom. The Bertz CT molecular complexity index is 1360. The number of hydrogen-bond acceptors (Lipinski definition) is 4. The number of carbonyl (C=O) groups is 2. The normalized spacial score (nSPS) is 17.4. The van der Waals surface area contributed by atoms with Crippen LogP contribution in [0.15, 0.2) is 60.2 Å². The van der Waals surface area contributed by atoms with E-state index in [1.54, 1.807) is 19.1 Å². The van der Waals surface area contributed by atoms with Crippen molar-refractivity contribution in [2.75, 3.05) is 12.0 Å². The Hall–Kier alpha value is -3.06. The largest absolute Gasteiger partial charge is 0.507 e. The van der Waals surface area contributed by atoms with Crippen LogP contribution in [0.25, 0.3) is 5.76 Å². The van der Waals surface area contributed by atoms with E-state index in [1.807, 2.05) is 0 Å². The molecule has 1 amide bonds. The summed E-state index contributed by atoms with van der Waals surface area (Å²) in [5.41, 5.74) is 1.31. The lowest BCUT2D eigenvalue weighted by Gasteiger charge is -2.26. The molecular formula is C25H17Cl3FNO4. The first-order valence-electron chi connectivity index (χ1n) is 10.00. The van der Waals surface area contributed by atoms with Crippen molar-refractivity contribution in [2.45, 2.75) is 13.0 Å². The van der Waals surface area contributed by atoms with Crippen molar-refractivity contribution in [1.29, 1.82) is 0 Å². The van der Waals surface area contributed by atoms with E-state index in [9.17, 15) is 19.1 Å². The molecule has 1 N–H and O–H groups in total. The van der Waals surface area contributed by atoms with Gasteiger partial charge in [-0.3, -0.25) is 14.5 Å². The number of aliphatic hydroxyl groups is 1. The lowest BCUT2D eigenvalue weighted by molar-refractivity contribution is -0.132. The Balaban J connectivity index is 2.01. The van der Waals surface area contributed by atoms with Crippen LogP contribution >= 0.6 is 34.8 Å². The summed E-state index contributed by atoms with van der Waals surface area (Å²) in [6, 6.07) is 11.9. The van der Waals surface area contributed by atoms with Gasteiger partial charge in [0.2, 0.25) is 0 Å². The summed E-state index contributed by atoms with van der Waals surface area (Å²) in [7, 11) is 1.37. The second-order valence-corrected chi connectivity index (χ2v) is 8.87. The van der Waals surface area contributed by atoms with Crippen LogP contribution in [0, 0.1) is 12.7 Å². The van der Waals surface area contributed by atoms with E-state index in [4.69, 9.17) is 39.5 Å². The molecule has 1 heterocycles. The van der Waals surface area contributed by atoms with Crippen molar-refractivity contribution in [3.8, 4) is 5.75 Å². The maximum Gasteiger partial charge on any atom is 0.300 e. The van der Waals surface area contributed by atoms with E-state index in [0.717, 1.165) is 0 Å². The van der Waals surface area contributed by atoms with E-state index < -0.39 is 29.3 Å². The van der Waals surface area contributed by atoms with Gasteiger partial charge < -0.3 is 9.84 Å². The van der Waals surface area contributed by atoms with Gasteiger partial charge in [-0.15, -0.1) is 0 Å². The number of carbonyl (C=O) groups excluding carboxylic acids is 2. The van der Waals surface area contributed by atoms with Gasteiger partial charge in [0.15, 0.2) is 0 Å². The average Bonchev–Trinajstić information content (AvgIpc) is 3.06. The van der Waals surface area contributed by atoms with Gasteiger partial charge in [-0.05, 0) is 60.5 Å². The number of nitrogens with zero attached hydrogens (tertiary/aromatic N) is 1. The average molecular weight is 521 g/mol. The Morgan fingerprint density at radius 2 is 1.65 bits per heavy atom. The minimum absolute atomic E-state index is 0.142. The number of rotatable bonds is 4. The first kappa shape index (κ1) is 24.1. The van der Waals surface area contributed by atoms with Crippen LogP contribution in [-0.2, 0) is 9.59 Å². The lowest BCUT2D eigenvalue weighted by Crippen LogP contribution is -2.29. The van der Waals surface area contributed by atoms with Crippen LogP contribution in [0.2, 0.25) is 15.1 Å². The van der Waals surface area contributed by atoms with Crippen LogP contribution in [0.5, 0.6) is 5.75 Å². The fraction of sp³-hybridized carbons (Fsp3) is 0.120. The molecule has 9 heteroatoms. The van der Waals surface area contributed by atoms with Crippen LogP contribution in [-0.4, -0.2) is 23.9 Å². The highest BCUT2D eigenvalue weighted by atomic mass is 35.5. The number of ether oxygens (including phenoxy) is 1. The molecule has 1 fully saturated rings. The summed E-state index contributed by atoms with van der Waals surface area (Å²) in [5.74, 6) is -2.66. The summed E-state index contributed by atoms with van der Waals surface area (Å²) >= 11 is 18.5. The highest BCUT2D eigenvalue weighted by Crippen LogP contribution is 2.45. The molecule has 1 unspecified atom stereocenters. The van der Waals surface area contributed by atoms with Crippen molar-refractivity contribution in [3.05, 3.63) is 97.7 Å². The number of hydrogen-bond donors (Lipinski definition) is 1. The number of ketones is 1. The second-order valence-electron chi connectivity index (χ2n) is 7.65. The number of amides is 1. The number of halogens is 4. The molecule has 5 nitrogen and oxygen atoms in total. The number of Topliss-reactive ketones (excluding diaryl/α,β-unsaturated/α-hetero) is 1. The molecule has 1 saturated heterocycles. The van der Waals surface area contributed by atoms with Crippen molar-refractivity contribution in [1.82, 2.24) is 0 Å². The minimum Gasteiger partial charge on any atom is -0.507 e. The van der Waals surface area contributed by atoms with Gasteiger partial charge >= 0.3 is 0 Å². The summed E-state index contributed by atoms with van der Waals surface area (Å²) in [5, 5.41) is 12.0. The monoisotopic (exact) mass is 519 g/mol. The van der Waals surface area contributed by atoms with Crippen molar-refractivity contribution < 1.29 is 23.8 Å². The second kappa shape index (κ2) is 9.29. The molecule has 0 radical (unpaired) electrons. The summed E-state index contributed by atoms with van der Waals surface area (Å²) in [4.78, 5) is 27.7. The van der Waals surface area contributed by atoms with E-state index in [1.165, 1.54) is 54.5 Å². The molecule has 0 aliphatic carbocycles. The maximum absolute atomic E-state index is 13.7. The maximum atomic E-state index is 13.7. The quantitative estimate of drug-likeness (QED) is 0.235. The molecule has 3 aromatic rings. The molecule has 3 aromatic carbocycles. The number of methoxy groups -OCH3 is 1. The molecule has 0 bridgehead atoms. The molecule has 0 spiro atoms. The number of aliphatic hydroxyl groups excluding tert-OH is 1. The van der Waals surface area contributed by atoms with E-state index in [-0.39, 0.29) is 37.6 Å². The standard InChI is InChI=1S/C25H17Cl3FNO4/c1-12-9-16(24(34-2)19(28)10-12)22(31)20-21(13-3-5-14(29)6-4-13)30(25(33)23(20)32)15-7-8-17(26)18(27)11-15/h3-11,21,31H,1-2H3/b22-20+. The van der Waals surface area contributed by atoms with Gasteiger partial charge in [-0.2, -0.15) is 0 Å². The summed E-state index contributed by atoms with van der Waals surface area (Å²) in [6.45, 7) is 1.76. The van der Waals surface area contributed by atoms with Crippen LogP contribution in [0.3, 0.4) is 0 Å². The molecule has 34 heavy (non-hydrogen) atoms. The molecular weight excluding hydrogens is 504 g/mol. The van der Waals surface area contributed by atoms with Crippen LogP contribution in [0.4, 0.5) is 10.1 Å². The van der Waals surface area contributed by atoms with Gasteiger partial charge in [0.25, 0.3) is 11.7 Å². The Labute approximate surface area is 209 Å². The van der Waals surface area contributed by atoms with Crippen molar-refractivity contribution in [3.63, 3.8) is 0 Å². The number of anilines is 1. The third kappa shape index (κ3) is 4.13. The highest BCUT2D eigenvalue weighted by Gasteiger charge is 2.47. The number of aryl methyl sites for hydroxylation is 1. The number of benzene rings is 3. The zero-order chi connectivity index (χ0) is 24.7. The molecule has 1 aliphatic rings. The van der Waals surface area contributed by atoms with Crippen molar-refractivity contribution >= 4 is 57.9 Å². The fourth-order valence-electron chi connectivity index (χ4n) is 3.95. The molecule has 0 saturated carbocycles. The molecule has 4 rings (SSSR count). The minimum atomic E-state index is -1.08. The smallest absolute Gasteiger partial charge is 0.300 e. The highest BCUT2D eigenvalue weighted by molar-refractivity contribution is 6.52. The topological polar surface area (TPSA) is 66.8 Å². The molecule has 174 valence electrons. The van der Waals surface area contributed by atoms with Crippen LogP contribution in [0.1, 0.15) is 22.7 Å². The fourth-order valence-corrected chi connectivity index (χ4v) is 4.59. The predicted molar refractivity (Wildman–Crippen MR) is 130 cm³/mol. The van der Waals surface area contributed by atoms with Gasteiger partial charge in [0, 0.05) is 5.69 Å². The van der Waals surface area contributed by atoms with Crippen LogP contribution < -0.4 is 9.64 Å². The zero-order valence-electron chi connectivity index (χ0n) is 17.9. The van der Waals surface area contributed by atoms with E-state index in [0.29, 0.717) is 11.1 Å². The predicted octanol–water partition coefficient (Wildman–Crippen LogP) is 6.73. The zero-order valence-corrected chi connectivity index (χ0v) is 20.2. The third-order valence-electron chi connectivity index (χ3n) is 5.46. The summed E-state index contributed by atoms with van der Waals surface area (Å²) in [6.07, 6.45) is 0. The Morgan fingerprint density at radius 3 is 2.26 bits per heavy atom. The summed E-state index contributed by atoms with van der Waals surface area (Å²) < 4.78 is 19.0. The lowest BCUT2D eigenvalue weighted by atomic mass is 9.94. The van der Waals surface area contributed by atoms with E-state index in [2.05, 4.69) is 0 Å². The molecule has 1 atom stereocenters. The van der Waals surface area contributed by atoms with E-state index >= 15 is 0 Å². The first-order valence-corrected chi connectivity index (χ1v) is 11.1. The van der Waals surface area contributed by atoms with Gasteiger partial charge in [-0.25, -0.2) is 4.39 Å².